The van der Waals surface area contributed by atoms with E-state index in [1.165, 1.54) is 12.1 Å². The largest absolute Gasteiger partial charge is 0.534 e. The first kappa shape index (κ1) is 15.9. The van der Waals surface area contributed by atoms with Crippen LogP contribution < -0.4 is 4.18 Å². The molecule has 0 aromatic heterocycles. The van der Waals surface area contributed by atoms with Crippen molar-refractivity contribution in [2.45, 2.75) is 11.9 Å². The first-order valence-electron chi connectivity index (χ1n) is 5.67. The highest BCUT2D eigenvalue weighted by atomic mass is 35.5. The van der Waals surface area contributed by atoms with Gasteiger partial charge in [-0.15, -0.1) is 0 Å². The third-order valence-corrected chi connectivity index (χ3v) is 4.12. The molecule has 2 aromatic carbocycles. The van der Waals surface area contributed by atoms with Crippen molar-refractivity contribution in [3.63, 3.8) is 0 Å². The molecule has 2 rings (SSSR count). The van der Waals surface area contributed by atoms with Gasteiger partial charge in [-0.3, -0.25) is 0 Å². The molecule has 2 aromatic rings. The van der Waals surface area contributed by atoms with Crippen LogP contribution >= 0.6 is 11.6 Å². The lowest BCUT2D eigenvalue weighted by Crippen LogP contribution is -2.28. The molecule has 0 fully saturated rings. The maximum absolute atomic E-state index is 12.3. The van der Waals surface area contributed by atoms with Crippen molar-refractivity contribution in [3.05, 3.63) is 47.8 Å². The van der Waals surface area contributed by atoms with Crippen molar-refractivity contribution in [2.24, 2.45) is 0 Å². The molecule has 3 nitrogen and oxygen atoms in total. The minimum absolute atomic E-state index is 0.297. The van der Waals surface area contributed by atoms with E-state index < -0.39 is 21.4 Å². The van der Waals surface area contributed by atoms with Crippen LogP contribution in [0.1, 0.15) is 5.56 Å². The van der Waals surface area contributed by atoms with Crippen molar-refractivity contribution < 1.29 is 25.8 Å². The lowest BCUT2D eigenvalue weighted by Gasteiger charge is -2.11. The molecule has 0 amide bonds. The van der Waals surface area contributed by atoms with Crippen LogP contribution in [0.25, 0.3) is 10.8 Å². The zero-order chi connectivity index (χ0) is 15.8. The van der Waals surface area contributed by atoms with Crippen LogP contribution in [0, 0.1) is 6.92 Å². The van der Waals surface area contributed by atoms with Gasteiger partial charge in [-0.1, -0.05) is 23.7 Å². The summed E-state index contributed by atoms with van der Waals surface area (Å²) in [6, 6.07) is 7.10. The van der Waals surface area contributed by atoms with E-state index in [1.54, 1.807) is 12.1 Å². The fourth-order valence-electron chi connectivity index (χ4n) is 1.81. The molecule has 113 valence electrons. The minimum Gasteiger partial charge on any atom is -0.376 e. The summed E-state index contributed by atoms with van der Waals surface area (Å²) in [6.45, 7) is 3.69. The zero-order valence-electron chi connectivity index (χ0n) is 10.4. The van der Waals surface area contributed by atoms with Crippen LogP contribution in [-0.4, -0.2) is 13.9 Å². The average molecular weight is 338 g/mol. The molecule has 1 radical (unpaired) electrons. The summed E-state index contributed by atoms with van der Waals surface area (Å²) in [5, 5.41) is 1.58. The summed E-state index contributed by atoms with van der Waals surface area (Å²) in [7, 11) is -5.70. The molecule has 0 aliphatic heterocycles. The van der Waals surface area contributed by atoms with Crippen LogP contribution in [0.15, 0.2) is 30.3 Å². The lowest BCUT2D eigenvalue weighted by molar-refractivity contribution is -0.0500. The Morgan fingerprint density at radius 3 is 2.38 bits per heavy atom. The number of hydrogen-bond donors (Lipinski definition) is 0. The first-order chi connectivity index (χ1) is 9.65. The Labute approximate surface area is 124 Å². The highest BCUT2D eigenvalue weighted by Gasteiger charge is 2.48. The SMILES string of the molecule is [CH2]Cc1c(Cl)ccc2ccc(OS(=O)(=O)C(F)(F)F)cc12. The Hall–Kier alpha value is -1.47. The van der Waals surface area contributed by atoms with E-state index in [1.807, 2.05) is 0 Å². The molecule has 0 aliphatic carbocycles. The van der Waals surface area contributed by atoms with E-state index >= 15 is 0 Å². The third-order valence-electron chi connectivity index (χ3n) is 2.79. The van der Waals surface area contributed by atoms with Gasteiger partial charge in [-0.25, -0.2) is 0 Å². The van der Waals surface area contributed by atoms with Crippen molar-refractivity contribution in [1.82, 2.24) is 0 Å². The smallest absolute Gasteiger partial charge is 0.376 e. The van der Waals surface area contributed by atoms with Gasteiger partial charge in [0.1, 0.15) is 5.75 Å². The van der Waals surface area contributed by atoms with Crippen LogP contribution in [-0.2, 0) is 16.5 Å². The molecule has 0 aliphatic rings. The summed E-state index contributed by atoms with van der Waals surface area (Å²) in [6.07, 6.45) is 0.297. The van der Waals surface area contributed by atoms with Crippen molar-refractivity contribution in [3.8, 4) is 5.75 Å². The Morgan fingerprint density at radius 2 is 1.81 bits per heavy atom. The predicted octanol–water partition coefficient (Wildman–Crippen LogP) is 4.10. The number of fused-ring (bicyclic) bond motifs is 1. The first-order valence-corrected chi connectivity index (χ1v) is 7.45. The minimum atomic E-state index is -5.70. The lowest BCUT2D eigenvalue weighted by atomic mass is 10.0. The maximum atomic E-state index is 12.3. The van der Waals surface area contributed by atoms with E-state index in [4.69, 9.17) is 11.6 Å². The second-order valence-corrected chi connectivity index (χ2v) is 6.09. The number of alkyl halides is 3. The second kappa shape index (κ2) is 5.38. The fraction of sp³-hybridized carbons (Fsp3) is 0.154. The zero-order valence-corrected chi connectivity index (χ0v) is 12.0. The normalized spacial score (nSPS) is 12.6. The number of rotatable bonds is 3. The Balaban J connectivity index is 2.53. The van der Waals surface area contributed by atoms with Crippen molar-refractivity contribution >= 4 is 32.5 Å². The monoisotopic (exact) mass is 337 g/mol. The predicted molar refractivity (Wildman–Crippen MR) is 73.6 cm³/mol. The summed E-state index contributed by atoms with van der Waals surface area (Å²) in [4.78, 5) is 0. The van der Waals surface area contributed by atoms with Gasteiger partial charge in [0.2, 0.25) is 0 Å². The standard InChI is InChI=1S/C13H9ClF3O3S/c1-2-10-11-7-9(20-21(18,19)13(15,16)17)5-3-8(11)4-6-12(10)14/h3-7H,1-2H2. The Bertz CT molecular complexity index is 785. The van der Waals surface area contributed by atoms with E-state index in [-0.39, 0.29) is 0 Å². The molecule has 21 heavy (non-hydrogen) atoms. The molecule has 8 heteroatoms. The van der Waals surface area contributed by atoms with Gasteiger partial charge in [-0.2, -0.15) is 21.6 Å². The van der Waals surface area contributed by atoms with Gasteiger partial charge >= 0.3 is 15.6 Å². The maximum Gasteiger partial charge on any atom is 0.534 e. The van der Waals surface area contributed by atoms with E-state index in [9.17, 15) is 21.6 Å². The van der Waals surface area contributed by atoms with Crippen LogP contribution in [0.2, 0.25) is 5.02 Å². The van der Waals surface area contributed by atoms with Crippen molar-refractivity contribution in [1.29, 1.82) is 0 Å². The topological polar surface area (TPSA) is 43.4 Å². The molecular weight excluding hydrogens is 329 g/mol. The van der Waals surface area contributed by atoms with Gasteiger partial charge < -0.3 is 4.18 Å². The number of benzene rings is 2. The second-order valence-electron chi connectivity index (χ2n) is 4.14. The van der Waals surface area contributed by atoms with Crippen LogP contribution in [0.4, 0.5) is 13.2 Å². The van der Waals surface area contributed by atoms with Gasteiger partial charge in [0.25, 0.3) is 0 Å². The Morgan fingerprint density at radius 1 is 1.19 bits per heavy atom. The average Bonchev–Trinajstić information content (AvgIpc) is 2.36. The molecule has 0 saturated carbocycles. The summed E-state index contributed by atoms with van der Waals surface area (Å²) in [5.41, 5.74) is -4.88. The van der Waals surface area contributed by atoms with Gasteiger partial charge in [0.15, 0.2) is 0 Å². The molecular formula is C13H9ClF3O3S. The summed E-state index contributed by atoms with van der Waals surface area (Å²) in [5.74, 6) is -0.434. The van der Waals surface area contributed by atoms with E-state index in [2.05, 4.69) is 11.1 Å². The van der Waals surface area contributed by atoms with Gasteiger partial charge in [0.05, 0.1) is 0 Å². The van der Waals surface area contributed by atoms with Gasteiger partial charge in [0, 0.05) is 5.02 Å². The Kier molecular flexibility index (Phi) is 4.08. The number of hydrogen-bond acceptors (Lipinski definition) is 3. The molecule has 0 bridgehead atoms. The van der Waals surface area contributed by atoms with E-state index in [0.717, 1.165) is 6.07 Å². The van der Waals surface area contributed by atoms with Crippen LogP contribution in [0.3, 0.4) is 0 Å². The third kappa shape index (κ3) is 3.08. The van der Waals surface area contributed by atoms with Crippen LogP contribution in [0.5, 0.6) is 5.75 Å². The molecule has 0 unspecified atom stereocenters. The quantitative estimate of drug-likeness (QED) is 0.625. The van der Waals surface area contributed by atoms with E-state index in [0.29, 0.717) is 27.8 Å². The molecule has 0 N–H and O–H groups in total. The van der Waals surface area contributed by atoms with Crippen molar-refractivity contribution in [2.75, 3.05) is 0 Å². The highest BCUT2D eigenvalue weighted by Crippen LogP contribution is 2.32. The highest BCUT2D eigenvalue weighted by molar-refractivity contribution is 7.88. The molecule has 0 atom stereocenters. The summed E-state index contributed by atoms with van der Waals surface area (Å²) >= 11 is 5.98. The molecule has 0 heterocycles. The molecule has 0 saturated heterocycles. The number of halogens is 4. The summed E-state index contributed by atoms with van der Waals surface area (Å²) < 4.78 is 63.0. The fourth-order valence-corrected chi connectivity index (χ4v) is 2.52. The van der Waals surface area contributed by atoms with Gasteiger partial charge in [-0.05, 0) is 47.9 Å². The molecule has 0 spiro atoms.